The zero-order chi connectivity index (χ0) is 8.81. The van der Waals surface area contributed by atoms with Crippen LogP contribution in [-0.2, 0) is 11.2 Å². The lowest BCUT2D eigenvalue weighted by Crippen LogP contribution is -1.86. The number of hydrogen-bond acceptors (Lipinski definition) is 1. The molecule has 0 aromatic heterocycles. The number of carbonyl (C=O) groups excluding carboxylic acids is 1. The molecule has 12 heavy (non-hydrogen) atoms. The van der Waals surface area contributed by atoms with Crippen LogP contribution in [0, 0.1) is 0 Å². The molecule has 0 saturated carbocycles. The first-order valence-corrected chi connectivity index (χ1v) is 4.39. The topological polar surface area (TPSA) is 17.1 Å². The van der Waals surface area contributed by atoms with Crippen LogP contribution in [0.3, 0.4) is 0 Å². The number of aldehydes is 1. The first kappa shape index (κ1) is 9.27. The summed E-state index contributed by atoms with van der Waals surface area (Å²) in [5.41, 5.74) is 1.13. The fourth-order valence-corrected chi connectivity index (χ4v) is 1.31. The molecule has 0 N–H and O–H groups in total. The summed E-state index contributed by atoms with van der Waals surface area (Å²) in [5, 5.41) is 0.795. The predicted molar refractivity (Wildman–Crippen MR) is 50.5 cm³/mol. The minimum absolute atomic E-state index is 0.616. The molecule has 1 nitrogen and oxygen atoms in total. The van der Waals surface area contributed by atoms with Gasteiger partial charge in [0.1, 0.15) is 6.29 Å². The van der Waals surface area contributed by atoms with Crippen LogP contribution in [0.4, 0.5) is 0 Å². The normalized spacial score (nSPS) is 9.75. The van der Waals surface area contributed by atoms with Crippen LogP contribution in [-0.4, -0.2) is 6.29 Å². The second kappa shape index (κ2) is 4.94. The van der Waals surface area contributed by atoms with E-state index in [1.807, 2.05) is 24.3 Å². The van der Waals surface area contributed by atoms with Gasteiger partial charge in [-0.1, -0.05) is 29.8 Å². The molecule has 1 aromatic carbocycles. The van der Waals surface area contributed by atoms with Gasteiger partial charge in [0.15, 0.2) is 0 Å². The highest BCUT2D eigenvalue weighted by atomic mass is 35.5. The van der Waals surface area contributed by atoms with E-state index in [1.54, 1.807) is 0 Å². The molecule has 64 valence electrons. The highest BCUT2D eigenvalue weighted by Crippen LogP contribution is 2.16. The van der Waals surface area contributed by atoms with Gasteiger partial charge in [0.25, 0.3) is 0 Å². The van der Waals surface area contributed by atoms with Gasteiger partial charge >= 0.3 is 0 Å². The number of carbonyl (C=O) groups is 1. The summed E-state index contributed by atoms with van der Waals surface area (Å²) < 4.78 is 0. The summed E-state index contributed by atoms with van der Waals surface area (Å²) in [4.78, 5) is 10.0. The zero-order valence-electron chi connectivity index (χ0n) is 6.79. The van der Waals surface area contributed by atoms with E-state index in [9.17, 15) is 4.79 Å². The largest absolute Gasteiger partial charge is 0.303 e. The highest BCUT2D eigenvalue weighted by Gasteiger charge is 1.97. The van der Waals surface area contributed by atoms with Crippen molar-refractivity contribution in [3.63, 3.8) is 0 Å². The molecule has 0 aliphatic carbocycles. The van der Waals surface area contributed by atoms with Gasteiger partial charge in [0, 0.05) is 11.4 Å². The summed E-state index contributed by atoms with van der Waals surface area (Å²) in [7, 11) is 0. The minimum atomic E-state index is 0.616. The Morgan fingerprint density at radius 1 is 1.33 bits per heavy atom. The molecule has 0 spiro atoms. The first-order valence-electron chi connectivity index (χ1n) is 4.01. The van der Waals surface area contributed by atoms with Crippen LogP contribution < -0.4 is 0 Å². The van der Waals surface area contributed by atoms with Crippen LogP contribution in [0.5, 0.6) is 0 Å². The van der Waals surface area contributed by atoms with Crippen molar-refractivity contribution in [2.45, 2.75) is 19.3 Å². The van der Waals surface area contributed by atoms with Crippen LogP contribution in [0.25, 0.3) is 0 Å². The van der Waals surface area contributed by atoms with E-state index >= 15 is 0 Å². The second-order valence-electron chi connectivity index (χ2n) is 2.65. The Kier molecular flexibility index (Phi) is 3.81. The van der Waals surface area contributed by atoms with Gasteiger partial charge in [0.05, 0.1) is 0 Å². The smallest absolute Gasteiger partial charge is 0.120 e. The quantitative estimate of drug-likeness (QED) is 0.517. The highest BCUT2D eigenvalue weighted by molar-refractivity contribution is 6.31. The van der Waals surface area contributed by atoms with E-state index in [1.165, 1.54) is 0 Å². The third-order valence-corrected chi connectivity index (χ3v) is 2.09. The molecule has 2 heteroatoms. The number of hydrogen-bond donors (Lipinski definition) is 0. The van der Waals surface area contributed by atoms with Crippen molar-refractivity contribution in [2.75, 3.05) is 0 Å². The van der Waals surface area contributed by atoms with Gasteiger partial charge in [-0.25, -0.2) is 0 Å². The summed E-state index contributed by atoms with van der Waals surface area (Å²) in [6.07, 6.45) is 3.33. The lowest BCUT2D eigenvalue weighted by Gasteiger charge is -2.00. The van der Waals surface area contributed by atoms with Gasteiger partial charge in [-0.15, -0.1) is 0 Å². The van der Waals surface area contributed by atoms with E-state index in [-0.39, 0.29) is 0 Å². The number of rotatable bonds is 4. The van der Waals surface area contributed by atoms with Crippen LogP contribution in [0.15, 0.2) is 24.3 Å². The van der Waals surface area contributed by atoms with Crippen molar-refractivity contribution in [3.05, 3.63) is 34.9 Å². The maximum Gasteiger partial charge on any atom is 0.120 e. The molecule has 1 aromatic rings. The molecule has 1 rings (SSSR count). The van der Waals surface area contributed by atoms with Gasteiger partial charge < -0.3 is 4.79 Å². The third-order valence-electron chi connectivity index (χ3n) is 1.73. The molecule has 0 amide bonds. The summed E-state index contributed by atoms with van der Waals surface area (Å²) >= 11 is 5.91. The SMILES string of the molecule is O=CCCCc1ccccc1Cl. The summed E-state index contributed by atoms with van der Waals surface area (Å²) in [6, 6.07) is 7.73. The van der Waals surface area contributed by atoms with Crippen molar-refractivity contribution >= 4 is 17.9 Å². The maximum atomic E-state index is 10.0. The Balaban J connectivity index is 2.51. The van der Waals surface area contributed by atoms with Crippen LogP contribution >= 0.6 is 11.6 Å². The molecule has 0 atom stereocenters. The van der Waals surface area contributed by atoms with Crippen molar-refractivity contribution in [2.24, 2.45) is 0 Å². The predicted octanol–water partition coefficient (Wildman–Crippen LogP) is 2.86. The molecule has 0 fully saturated rings. The lowest BCUT2D eigenvalue weighted by molar-refractivity contribution is -0.107. The average Bonchev–Trinajstić information content (AvgIpc) is 2.09. The van der Waals surface area contributed by atoms with E-state index in [0.29, 0.717) is 6.42 Å². The maximum absolute atomic E-state index is 10.0. The Bertz CT molecular complexity index is 258. The molecule has 0 bridgehead atoms. The van der Waals surface area contributed by atoms with E-state index in [2.05, 4.69) is 0 Å². The average molecular weight is 183 g/mol. The standard InChI is InChI=1S/C10H11ClO/c11-10-7-2-1-5-9(10)6-3-4-8-12/h1-2,5,7-8H,3-4,6H2. The van der Waals surface area contributed by atoms with E-state index in [0.717, 1.165) is 29.7 Å². The summed E-state index contributed by atoms with van der Waals surface area (Å²) in [6.45, 7) is 0. The number of unbranched alkanes of at least 4 members (excludes halogenated alkanes) is 1. The molecule has 0 heterocycles. The van der Waals surface area contributed by atoms with Crippen molar-refractivity contribution in [1.29, 1.82) is 0 Å². The molecular weight excluding hydrogens is 172 g/mol. The summed E-state index contributed by atoms with van der Waals surface area (Å²) in [5.74, 6) is 0. The Morgan fingerprint density at radius 3 is 2.75 bits per heavy atom. The number of aryl methyl sites for hydroxylation is 1. The van der Waals surface area contributed by atoms with Gasteiger partial charge in [-0.05, 0) is 24.5 Å². The van der Waals surface area contributed by atoms with Gasteiger partial charge in [-0.3, -0.25) is 0 Å². The Labute approximate surface area is 77.4 Å². The fourth-order valence-electron chi connectivity index (χ4n) is 1.08. The molecule has 0 radical (unpaired) electrons. The molecule has 0 aliphatic rings. The minimum Gasteiger partial charge on any atom is -0.303 e. The fraction of sp³-hybridized carbons (Fsp3) is 0.300. The first-order chi connectivity index (χ1) is 5.84. The molecule has 0 aliphatic heterocycles. The molecule has 0 unspecified atom stereocenters. The van der Waals surface area contributed by atoms with Crippen molar-refractivity contribution in [1.82, 2.24) is 0 Å². The second-order valence-corrected chi connectivity index (χ2v) is 3.06. The van der Waals surface area contributed by atoms with Crippen molar-refractivity contribution < 1.29 is 4.79 Å². The number of benzene rings is 1. The van der Waals surface area contributed by atoms with Gasteiger partial charge in [0.2, 0.25) is 0 Å². The van der Waals surface area contributed by atoms with Crippen LogP contribution in [0.1, 0.15) is 18.4 Å². The van der Waals surface area contributed by atoms with E-state index in [4.69, 9.17) is 11.6 Å². The van der Waals surface area contributed by atoms with E-state index < -0.39 is 0 Å². The molecule has 0 saturated heterocycles. The Morgan fingerprint density at radius 2 is 2.08 bits per heavy atom. The Hall–Kier alpha value is -0.820. The van der Waals surface area contributed by atoms with Gasteiger partial charge in [-0.2, -0.15) is 0 Å². The third kappa shape index (κ3) is 2.67. The van der Waals surface area contributed by atoms with Crippen molar-refractivity contribution in [3.8, 4) is 0 Å². The zero-order valence-corrected chi connectivity index (χ0v) is 7.55. The lowest BCUT2D eigenvalue weighted by atomic mass is 10.1. The molecular formula is C10H11ClO. The number of halogens is 1. The van der Waals surface area contributed by atoms with Crippen LogP contribution in [0.2, 0.25) is 5.02 Å². The monoisotopic (exact) mass is 182 g/mol.